The van der Waals surface area contributed by atoms with Crippen molar-refractivity contribution in [3.8, 4) is 0 Å². The molecule has 0 aliphatic rings. The molecule has 0 aliphatic heterocycles. The van der Waals surface area contributed by atoms with Gasteiger partial charge in [0.15, 0.2) is 5.96 Å². The third-order valence-electron chi connectivity index (χ3n) is 3.04. The van der Waals surface area contributed by atoms with E-state index in [1.807, 2.05) is 20.8 Å². The fourth-order valence-corrected chi connectivity index (χ4v) is 3.12. The SMILES string of the molecule is CCNC(=NCc1ccc(C)cc1)NCC(C)(C)NS(C)(=O)=O. The predicted octanol–water partition coefficient (Wildman–Crippen LogP) is 1.38. The van der Waals surface area contributed by atoms with Crippen molar-refractivity contribution in [2.75, 3.05) is 19.3 Å². The number of sulfonamides is 1. The molecule has 0 saturated carbocycles. The normalized spacial score (nSPS) is 13.0. The molecule has 0 bridgehead atoms. The molecular weight excluding hydrogens is 312 g/mol. The zero-order chi connectivity index (χ0) is 17.5. The molecule has 0 aromatic heterocycles. The minimum atomic E-state index is -3.25. The first-order valence-corrected chi connectivity index (χ1v) is 9.57. The third-order valence-corrected chi connectivity index (χ3v) is 3.97. The Morgan fingerprint density at radius 3 is 2.30 bits per heavy atom. The van der Waals surface area contributed by atoms with Crippen LogP contribution in [0.4, 0.5) is 0 Å². The molecule has 23 heavy (non-hydrogen) atoms. The van der Waals surface area contributed by atoms with Gasteiger partial charge in [0, 0.05) is 18.6 Å². The predicted molar refractivity (Wildman–Crippen MR) is 96.1 cm³/mol. The van der Waals surface area contributed by atoms with Crippen LogP contribution in [-0.4, -0.2) is 39.3 Å². The van der Waals surface area contributed by atoms with Gasteiger partial charge in [-0.15, -0.1) is 0 Å². The summed E-state index contributed by atoms with van der Waals surface area (Å²) in [5.74, 6) is 0.663. The van der Waals surface area contributed by atoms with Crippen molar-refractivity contribution in [2.24, 2.45) is 4.99 Å². The van der Waals surface area contributed by atoms with Gasteiger partial charge in [0.25, 0.3) is 0 Å². The van der Waals surface area contributed by atoms with Gasteiger partial charge in [-0.05, 0) is 33.3 Å². The molecule has 0 amide bonds. The maximum absolute atomic E-state index is 11.4. The fourth-order valence-electron chi connectivity index (χ4n) is 2.05. The summed E-state index contributed by atoms with van der Waals surface area (Å²) in [7, 11) is -3.25. The van der Waals surface area contributed by atoms with Crippen molar-refractivity contribution in [2.45, 2.75) is 39.8 Å². The second-order valence-electron chi connectivity index (χ2n) is 6.29. The highest BCUT2D eigenvalue weighted by Gasteiger charge is 2.22. The summed E-state index contributed by atoms with van der Waals surface area (Å²) in [6.45, 7) is 9.42. The molecule has 1 aromatic rings. The average molecular weight is 340 g/mol. The highest BCUT2D eigenvalue weighted by Crippen LogP contribution is 2.05. The van der Waals surface area contributed by atoms with Crippen LogP contribution in [0.1, 0.15) is 31.9 Å². The third kappa shape index (κ3) is 8.56. The zero-order valence-corrected chi connectivity index (χ0v) is 15.4. The van der Waals surface area contributed by atoms with E-state index in [4.69, 9.17) is 0 Å². The van der Waals surface area contributed by atoms with E-state index in [1.54, 1.807) is 0 Å². The van der Waals surface area contributed by atoms with Crippen molar-refractivity contribution in [3.63, 3.8) is 0 Å². The molecule has 3 N–H and O–H groups in total. The first kappa shape index (κ1) is 19.4. The smallest absolute Gasteiger partial charge is 0.209 e. The molecule has 130 valence electrons. The summed E-state index contributed by atoms with van der Waals surface area (Å²) in [4.78, 5) is 4.53. The molecule has 0 unspecified atom stereocenters. The highest BCUT2D eigenvalue weighted by atomic mass is 32.2. The van der Waals surface area contributed by atoms with E-state index >= 15 is 0 Å². The molecule has 1 aromatic carbocycles. The lowest BCUT2D eigenvalue weighted by atomic mass is 10.1. The van der Waals surface area contributed by atoms with Crippen LogP contribution in [0.25, 0.3) is 0 Å². The summed E-state index contributed by atoms with van der Waals surface area (Å²) in [5, 5.41) is 6.34. The Morgan fingerprint density at radius 1 is 1.17 bits per heavy atom. The Kier molecular flexibility index (Phi) is 7.02. The van der Waals surface area contributed by atoms with Crippen LogP contribution >= 0.6 is 0 Å². The molecule has 0 heterocycles. The number of benzene rings is 1. The fraction of sp³-hybridized carbons (Fsp3) is 0.562. The van der Waals surface area contributed by atoms with Gasteiger partial charge < -0.3 is 10.6 Å². The van der Waals surface area contributed by atoms with E-state index in [1.165, 1.54) is 5.56 Å². The van der Waals surface area contributed by atoms with Gasteiger partial charge in [-0.3, -0.25) is 0 Å². The number of aliphatic imine (C=N–C) groups is 1. The Morgan fingerprint density at radius 2 is 1.78 bits per heavy atom. The lowest BCUT2D eigenvalue weighted by Gasteiger charge is -2.26. The summed E-state index contributed by atoms with van der Waals surface area (Å²) >= 11 is 0. The number of nitrogens with one attached hydrogen (secondary N) is 3. The van der Waals surface area contributed by atoms with Crippen molar-refractivity contribution in [1.82, 2.24) is 15.4 Å². The molecule has 1 rings (SSSR count). The number of guanidine groups is 1. The molecule has 0 fully saturated rings. The highest BCUT2D eigenvalue weighted by molar-refractivity contribution is 7.88. The first-order chi connectivity index (χ1) is 10.6. The number of aryl methyl sites for hydroxylation is 1. The van der Waals surface area contributed by atoms with Crippen molar-refractivity contribution in [3.05, 3.63) is 35.4 Å². The van der Waals surface area contributed by atoms with Gasteiger partial charge >= 0.3 is 0 Å². The van der Waals surface area contributed by atoms with Gasteiger partial charge in [0.05, 0.1) is 12.8 Å². The molecule has 6 nitrogen and oxygen atoms in total. The monoisotopic (exact) mass is 340 g/mol. The molecule has 0 aliphatic carbocycles. The standard InChI is InChI=1S/C16H28N4O2S/c1-6-17-15(18-11-14-9-7-13(2)8-10-14)19-12-16(3,4)20-23(5,21)22/h7-10,20H,6,11-12H2,1-5H3,(H2,17,18,19). The molecular formula is C16H28N4O2S. The molecule has 0 atom stereocenters. The van der Waals surface area contributed by atoms with Crippen LogP contribution in [0.3, 0.4) is 0 Å². The van der Waals surface area contributed by atoms with Crippen LogP contribution in [0.5, 0.6) is 0 Å². The molecule has 7 heteroatoms. The largest absolute Gasteiger partial charge is 0.357 e. The minimum absolute atomic E-state index is 0.430. The lowest BCUT2D eigenvalue weighted by Crippen LogP contribution is -2.53. The average Bonchev–Trinajstić information content (AvgIpc) is 2.41. The van der Waals surface area contributed by atoms with Crippen LogP contribution in [0, 0.1) is 6.92 Å². The summed E-state index contributed by atoms with van der Waals surface area (Å²) < 4.78 is 25.3. The summed E-state index contributed by atoms with van der Waals surface area (Å²) in [5.41, 5.74) is 1.74. The molecule has 0 radical (unpaired) electrons. The zero-order valence-electron chi connectivity index (χ0n) is 14.6. The second-order valence-corrected chi connectivity index (χ2v) is 8.04. The van der Waals surface area contributed by atoms with Gasteiger partial charge in [-0.1, -0.05) is 29.8 Å². The molecule has 0 spiro atoms. The van der Waals surface area contributed by atoms with Crippen LogP contribution in [0.15, 0.2) is 29.3 Å². The van der Waals surface area contributed by atoms with Gasteiger partial charge in [0.2, 0.25) is 10.0 Å². The topological polar surface area (TPSA) is 82.6 Å². The van der Waals surface area contributed by atoms with Crippen LogP contribution < -0.4 is 15.4 Å². The van der Waals surface area contributed by atoms with Crippen LogP contribution in [0.2, 0.25) is 0 Å². The molecule has 0 saturated heterocycles. The lowest BCUT2D eigenvalue weighted by molar-refractivity contribution is 0.446. The quantitative estimate of drug-likeness (QED) is 0.517. The Balaban J connectivity index is 2.67. The van der Waals surface area contributed by atoms with E-state index in [-0.39, 0.29) is 0 Å². The van der Waals surface area contributed by atoms with Crippen molar-refractivity contribution >= 4 is 16.0 Å². The van der Waals surface area contributed by atoms with Crippen molar-refractivity contribution < 1.29 is 8.42 Å². The summed E-state index contributed by atoms with van der Waals surface area (Å²) in [6, 6.07) is 8.23. The number of nitrogens with zero attached hydrogens (tertiary/aromatic N) is 1. The van der Waals surface area contributed by atoms with E-state index in [0.717, 1.165) is 18.4 Å². The maximum Gasteiger partial charge on any atom is 0.209 e. The summed E-state index contributed by atoms with van der Waals surface area (Å²) in [6.07, 6.45) is 1.16. The van der Waals surface area contributed by atoms with Crippen molar-refractivity contribution in [1.29, 1.82) is 0 Å². The van der Waals surface area contributed by atoms with Gasteiger partial charge in [0.1, 0.15) is 0 Å². The van der Waals surface area contributed by atoms with E-state index in [9.17, 15) is 8.42 Å². The Bertz CT molecular complexity index is 622. The number of rotatable bonds is 7. The van der Waals surface area contributed by atoms with Gasteiger partial charge in [-0.25, -0.2) is 18.1 Å². The Labute approximate surface area is 139 Å². The number of hydrogen-bond donors (Lipinski definition) is 3. The second kappa shape index (κ2) is 8.31. The van der Waals surface area contributed by atoms with E-state index in [0.29, 0.717) is 19.0 Å². The number of hydrogen-bond acceptors (Lipinski definition) is 3. The van der Waals surface area contributed by atoms with Gasteiger partial charge in [-0.2, -0.15) is 0 Å². The van der Waals surface area contributed by atoms with E-state index in [2.05, 4.69) is 51.5 Å². The maximum atomic E-state index is 11.4. The first-order valence-electron chi connectivity index (χ1n) is 7.68. The van der Waals surface area contributed by atoms with E-state index < -0.39 is 15.6 Å². The minimum Gasteiger partial charge on any atom is -0.357 e. The Hall–Kier alpha value is -1.60. The van der Waals surface area contributed by atoms with Crippen LogP contribution in [-0.2, 0) is 16.6 Å².